The van der Waals surface area contributed by atoms with Gasteiger partial charge in [0.05, 0.1) is 20.2 Å². The summed E-state index contributed by atoms with van der Waals surface area (Å²) in [4.78, 5) is 6.30. The number of hydrogen-bond donors (Lipinski definition) is 2. The van der Waals surface area contributed by atoms with Crippen molar-refractivity contribution in [3.05, 3.63) is 29.8 Å². The van der Waals surface area contributed by atoms with Crippen molar-refractivity contribution in [2.75, 3.05) is 53.0 Å². The van der Waals surface area contributed by atoms with E-state index in [1.165, 1.54) is 10.5 Å². The topological polar surface area (TPSA) is 58.1 Å². The van der Waals surface area contributed by atoms with Crippen molar-refractivity contribution < 1.29 is 22.6 Å². The van der Waals surface area contributed by atoms with E-state index in [1.54, 1.807) is 7.11 Å². The second-order valence-corrected chi connectivity index (χ2v) is 8.30. The molecule has 2 N–H and O–H groups in total. The number of nitrogens with one attached hydrogen (secondary N) is 2. The molecule has 32 heavy (non-hydrogen) atoms. The fourth-order valence-corrected chi connectivity index (χ4v) is 4.34. The molecule has 6 nitrogen and oxygen atoms in total. The van der Waals surface area contributed by atoms with E-state index in [2.05, 4.69) is 22.8 Å². The average Bonchev–Trinajstić information content (AvgIpc) is 3.18. The first-order chi connectivity index (χ1) is 14.8. The Kier molecular flexibility index (Phi) is 10.3. The van der Waals surface area contributed by atoms with E-state index in [0.29, 0.717) is 51.8 Å². The van der Waals surface area contributed by atoms with E-state index < -0.39 is 12.7 Å². The van der Waals surface area contributed by atoms with Gasteiger partial charge in [-0.05, 0) is 43.9 Å². The molecule has 3 rings (SSSR count). The Morgan fingerprint density at radius 2 is 1.94 bits per heavy atom. The Balaban J connectivity index is 0.00000363. The number of likely N-dealkylation sites (tertiary alicyclic amines) is 1. The summed E-state index contributed by atoms with van der Waals surface area (Å²) in [6, 6.07) is 8.06. The molecule has 1 unspecified atom stereocenters. The highest BCUT2D eigenvalue weighted by molar-refractivity contribution is 14.0. The lowest BCUT2D eigenvalue weighted by molar-refractivity contribution is -0.143. The molecule has 0 radical (unpaired) electrons. The van der Waals surface area contributed by atoms with Gasteiger partial charge in [0.1, 0.15) is 5.75 Å². The Labute approximate surface area is 205 Å². The molecular formula is C22H34F3IN4O2. The number of benzene rings is 1. The number of aliphatic imine (C=N–C) groups is 1. The molecule has 1 atom stereocenters. The fraction of sp³-hybridized carbons (Fsp3) is 0.682. The maximum absolute atomic E-state index is 12.7. The van der Waals surface area contributed by atoms with Crippen molar-refractivity contribution in [1.29, 1.82) is 0 Å². The van der Waals surface area contributed by atoms with Gasteiger partial charge in [-0.25, -0.2) is 0 Å². The van der Waals surface area contributed by atoms with Crippen LogP contribution in [0.25, 0.3) is 0 Å². The lowest BCUT2D eigenvalue weighted by Crippen LogP contribution is -2.46. The van der Waals surface area contributed by atoms with Crippen LogP contribution < -0.4 is 15.4 Å². The van der Waals surface area contributed by atoms with Gasteiger partial charge in [0.2, 0.25) is 0 Å². The molecule has 0 aromatic heterocycles. The number of rotatable bonds is 7. The van der Waals surface area contributed by atoms with Crippen LogP contribution in [0.5, 0.6) is 5.75 Å². The number of alkyl halides is 3. The highest BCUT2D eigenvalue weighted by Gasteiger charge is 2.36. The third kappa shape index (κ3) is 7.65. The number of ether oxygens (including phenoxy) is 2. The van der Waals surface area contributed by atoms with Crippen molar-refractivity contribution in [2.45, 2.75) is 43.8 Å². The zero-order valence-corrected chi connectivity index (χ0v) is 21.0. The number of guanidine groups is 1. The summed E-state index contributed by atoms with van der Waals surface area (Å²) >= 11 is 0. The first kappa shape index (κ1) is 27.0. The van der Waals surface area contributed by atoms with Crippen molar-refractivity contribution in [2.24, 2.45) is 4.99 Å². The summed E-state index contributed by atoms with van der Waals surface area (Å²) in [5, 5.41) is 6.58. The van der Waals surface area contributed by atoms with Gasteiger partial charge in [-0.1, -0.05) is 12.1 Å². The van der Waals surface area contributed by atoms with Gasteiger partial charge in [-0.15, -0.1) is 24.0 Å². The number of methoxy groups -OCH3 is 1. The van der Waals surface area contributed by atoms with Gasteiger partial charge in [0.25, 0.3) is 0 Å². The molecule has 1 aromatic rings. The minimum absolute atomic E-state index is 0. The van der Waals surface area contributed by atoms with E-state index in [1.807, 2.05) is 19.1 Å². The highest BCUT2D eigenvalue weighted by Crippen LogP contribution is 2.36. The zero-order chi connectivity index (χ0) is 22.3. The normalized spacial score (nSPS) is 21.7. The zero-order valence-electron chi connectivity index (χ0n) is 18.7. The van der Waals surface area contributed by atoms with Crippen LogP contribution in [0.4, 0.5) is 13.2 Å². The predicted octanol–water partition coefficient (Wildman–Crippen LogP) is 3.55. The van der Waals surface area contributed by atoms with Crippen molar-refractivity contribution in [3.63, 3.8) is 0 Å². The molecule has 0 amide bonds. The minimum atomic E-state index is -4.17. The van der Waals surface area contributed by atoms with E-state index in [4.69, 9.17) is 14.5 Å². The molecule has 10 heteroatoms. The summed E-state index contributed by atoms with van der Waals surface area (Å²) in [5.41, 5.74) is 1.07. The fourth-order valence-electron chi connectivity index (χ4n) is 4.34. The molecule has 0 spiro atoms. The summed E-state index contributed by atoms with van der Waals surface area (Å²) in [6.07, 6.45) is -1.77. The minimum Gasteiger partial charge on any atom is -0.497 e. The first-order valence-electron chi connectivity index (χ1n) is 10.9. The van der Waals surface area contributed by atoms with Crippen LogP contribution in [-0.2, 0) is 10.2 Å². The molecule has 0 saturated carbocycles. The van der Waals surface area contributed by atoms with E-state index in [0.717, 1.165) is 18.6 Å². The summed E-state index contributed by atoms with van der Waals surface area (Å²) in [6.45, 7) is 4.54. The van der Waals surface area contributed by atoms with Crippen LogP contribution >= 0.6 is 24.0 Å². The van der Waals surface area contributed by atoms with Crippen LogP contribution in [0.2, 0.25) is 0 Å². The lowest BCUT2D eigenvalue weighted by atomic mass is 9.74. The van der Waals surface area contributed by atoms with Gasteiger partial charge < -0.3 is 20.1 Å². The van der Waals surface area contributed by atoms with Gasteiger partial charge >= 0.3 is 6.18 Å². The van der Waals surface area contributed by atoms with Gasteiger partial charge in [0, 0.05) is 44.3 Å². The SMILES string of the molecule is CCNC(=NCC1(c2ccc(OC)cc2)CCOCC1)NC1CCN(CC(F)(F)F)C1.I. The monoisotopic (exact) mass is 570 g/mol. The van der Waals surface area contributed by atoms with E-state index in [9.17, 15) is 13.2 Å². The van der Waals surface area contributed by atoms with Gasteiger partial charge in [-0.2, -0.15) is 13.2 Å². The molecule has 0 bridgehead atoms. The largest absolute Gasteiger partial charge is 0.497 e. The molecule has 2 heterocycles. The first-order valence-corrected chi connectivity index (χ1v) is 10.9. The number of nitrogens with zero attached hydrogens (tertiary/aromatic N) is 2. The van der Waals surface area contributed by atoms with Crippen LogP contribution in [0, 0.1) is 0 Å². The molecule has 2 fully saturated rings. The Hall–Kier alpha value is -1.27. The van der Waals surface area contributed by atoms with Crippen LogP contribution in [0.15, 0.2) is 29.3 Å². The Morgan fingerprint density at radius 1 is 1.25 bits per heavy atom. The van der Waals surface area contributed by atoms with Crippen molar-refractivity contribution >= 4 is 29.9 Å². The van der Waals surface area contributed by atoms with Crippen molar-refractivity contribution in [1.82, 2.24) is 15.5 Å². The summed E-state index contributed by atoms with van der Waals surface area (Å²) < 4.78 is 48.9. The molecule has 0 aliphatic carbocycles. The average molecular weight is 570 g/mol. The van der Waals surface area contributed by atoms with E-state index >= 15 is 0 Å². The molecule has 2 saturated heterocycles. The second-order valence-electron chi connectivity index (χ2n) is 8.30. The van der Waals surface area contributed by atoms with Gasteiger partial charge in [0.15, 0.2) is 5.96 Å². The number of halogens is 4. The Morgan fingerprint density at radius 3 is 2.53 bits per heavy atom. The molecule has 2 aliphatic heterocycles. The third-order valence-corrected chi connectivity index (χ3v) is 6.05. The predicted molar refractivity (Wildman–Crippen MR) is 130 cm³/mol. The summed E-state index contributed by atoms with van der Waals surface area (Å²) in [7, 11) is 1.65. The van der Waals surface area contributed by atoms with E-state index in [-0.39, 0.29) is 35.4 Å². The maximum atomic E-state index is 12.7. The summed E-state index contributed by atoms with van der Waals surface area (Å²) in [5.74, 6) is 1.47. The molecule has 2 aliphatic rings. The second kappa shape index (κ2) is 12.3. The molecule has 182 valence electrons. The quantitative estimate of drug-likeness (QED) is 0.299. The van der Waals surface area contributed by atoms with Crippen LogP contribution in [-0.4, -0.2) is 76.1 Å². The van der Waals surface area contributed by atoms with Crippen molar-refractivity contribution in [3.8, 4) is 5.75 Å². The maximum Gasteiger partial charge on any atom is 0.401 e. The van der Waals surface area contributed by atoms with Crippen LogP contribution in [0.1, 0.15) is 31.7 Å². The Bertz CT molecular complexity index is 725. The molecular weight excluding hydrogens is 536 g/mol. The molecule has 1 aromatic carbocycles. The van der Waals surface area contributed by atoms with Gasteiger partial charge in [-0.3, -0.25) is 9.89 Å². The highest BCUT2D eigenvalue weighted by atomic mass is 127. The smallest absolute Gasteiger partial charge is 0.401 e. The van der Waals surface area contributed by atoms with Crippen LogP contribution in [0.3, 0.4) is 0 Å². The third-order valence-electron chi connectivity index (χ3n) is 6.05. The lowest BCUT2D eigenvalue weighted by Gasteiger charge is -2.37. The number of hydrogen-bond acceptors (Lipinski definition) is 4. The standard InChI is InChI=1S/C22H33F3N4O2.HI/c1-3-26-20(28-18-8-11-29(14-18)16-22(23,24)25)27-15-21(9-12-31-13-10-21)17-4-6-19(30-2)7-5-17;/h4-7,18H,3,8-16H2,1-2H3,(H2,26,27,28);1H.